The van der Waals surface area contributed by atoms with Crippen LogP contribution in [-0.4, -0.2) is 24.6 Å². The molecule has 0 bridgehead atoms. The summed E-state index contributed by atoms with van der Waals surface area (Å²) in [6, 6.07) is 0.775. The van der Waals surface area contributed by atoms with Gasteiger partial charge in [0.15, 0.2) is 5.13 Å². The van der Waals surface area contributed by atoms with E-state index in [1.807, 2.05) is 18.4 Å². The minimum Gasteiger partial charge on any atom is -0.345 e. The lowest BCUT2D eigenvalue weighted by Crippen LogP contribution is -2.42. The van der Waals surface area contributed by atoms with Crippen molar-refractivity contribution in [3.63, 3.8) is 0 Å². The highest BCUT2D eigenvalue weighted by atomic mass is 32.1. The molecule has 0 radical (unpaired) electrons. The van der Waals surface area contributed by atoms with Gasteiger partial charge in [-0.2, -0.15) is 0 Å². The smallest absolute Gasteiger partial charge is 0.186 e. The monoisotopic (exact) mass is 307 g/mol. The Morgan fingerprint density at radius 2 is 2.14 bits per heavy atom. The maximum absolute atomic E-state index is 5.09. The van der Waals surface area contributed by atoms with Crippen LogP contribution in [0.2, 0.25) is 0 Å². The summed E-state index contributed by atoms with van der Waals surface area (Å²) in [6.45, 7) is 6.75. The van der Waals surface area contributed by atoms with Gasteiger partial charge in [0.2, 0.25) is 0 Å². The van der Waals surface area contributed by atoms with E-state index in [-0.39, 0.29) is 0 Å². The van der Waals surface area contributed by atoms with Crippen molar-refractivity contribution < 1.29 is 0 Å². The van der Waals surface area contributed by atoms with Gasteiger partial charge in [0.05, 0.1) is 5.69 Å². The Hall–Kier alpha value is -0.610. The summed E-state index contributed by atoms with van der Waals surface area (Å²) in [5.41, 5.74) is 1.34. The Bertz CT molecular complexity index is 471. The minimum absolute atomic E-state index is 0.572. The molecule has 1 aliphatic heterocycles. The summed E-state index contributed by atoms with van der Waals surface area (Å²) in [6.07, 6.45) is 8.19. The van der Waals surface area contributed by atoms with E-state index in [9.17, 15) is 0 Å². The Balaban J connectivity index is 1.87. The molecular weight excluding hydrogens is 278 g/mol. The molecular formula is C17H29N3S. The largest absolute Gasteiger partial charge is 0.345 e. The van der Waals surface area contributed by atoms with Crippen LogP contribution in [0.5, 0.6) is 0 Å². The summed E-state index contributed by atoms with van der Waals surface area (Å²) in [5, 5.41) is 4.62. The van der Waals surface area contributed by atoms with Crippen LogP contribution in [0, 0.1) is 5.92 Å². The quantitative estimate of drug-likeness (QED) is 0.886. The second-order valence-corrected chi connectivity index (χ2v) is 7.80. The summed E-state index contributed by atoms with van der Waals surface area (Å²) in [7, 11) is 2.04. The van der Waals surface area contributed by atoms with Crippen LogP contribution in [0.15, 0.2) is 0 Å². The van der Waals surface area contributed by atoms with E-state index in [0.29, 0.717) is 5.92 Å². The summed E-state index contributed by atoms with van der Waals surface area (Å²) >= 11 is 1.94. The lowest BCUT2D eigenvalue weighted by molar-refractivity contribution is 0.362. The standard InChI is InChI=1S/C17H29N3S/c1-4-12(2)16-15(11-18-3)21-17(19-16)20-10-6-8-13-7-5-9-14(13)20/h12-14,18H,4-11H2,1-3H3. The number of hydrogen-bond acceptors (Lipinski definition) is 4. The molecule has 4 heteroatoms. The highest BCUT2D eigenvalue weighted by Gasteiger charge is 2.36. The highest BCUT2D eigenvalue weighted by Crippen LogP contribution is 2.41. The third-order valence-electron chi connectivity index (χ3n) is 5.37. The molecule has 0 aromatic carbocycles. The van der Waals surface area contributed by atoms with Gasteiger partial charge in [-0.15, -0.1) is 11.3 Å². The van der Waals surface area contributed by atoms with Crippen molar-refractivity contribution in [1.82, 2.24) is 10.3 Å². The first-order valence-corrected chi connectivity index (χ1v) is 9.47. The molecule has 3 atom stereocenters. The first-order chi connectivity index (χ1) is 10.2. The first-order valence-electron chi connectivity index (χ1n) is 8.65. The number of thiazole rings is 1. The number of fused-ring (bicyclic) bond motifs is 1. The predicted octanol–water partition coefficient (Wildman–Crippen LogP) is 4.14. The summed E-state index contributed by atoms with van der Waals surface area (Å²) in [4.78, 5) is 9.18. The van der Waals surface area contributed by atoms with Gasteiger partial charge >= 0.3 is 0 Å². The molecule has 0 spiro atoms. The molecule has 1 N–H and O–H groups in total. The maximum atomic E-state index is 5.09. The lowest BCUT2D eigenvalue weighted by Gasteiger charge is -2.37. The van der Waals surface area contributed by atoms with Gasteiger partial charge in [-0.1, -0.05) is 20.3 Å². The number of nitrogens with one attached hydrogen (secondary N) is 1. The van der Waals surface area contributed by atoms with E-state index in [0.717, 1.165) is 18.5 Å². The molecule has 3 rings (SSSR count). The number of aromatic nitrogens is 1. The van der Waals surface area contributed by atoms with E-state index in [1.54, 1.807) is 0 Å². The number of piperidine rings is 1. The minimum atomic E-state index is 0.572. The Morgan fingerprint density at radius 3 is 2.90 bits per heavy atom. The molecule has 1 saturated heterocycles. The Labute approximate surface area is 133 Å². The normalized spacial score (nSPS) is 26.9. The zero-order valence-electron chi connectivity index (χ0n) is 13.7. The van der Waals surface area contributed by atoms with Gasteiger partial charge in [-0.3, -0.25) is 0 Å². The van der Waals surface area contributed by atoms with Crippen LogP contribution < -0.4 is 10.2 Å². The fraction of sp³-hybridized carbons (Fsp3) is 0.824. The van der Waals surface area contributed by atoms with Gasteiger partial charge in [0, 0.05) is 24.0 Å². The van der Waals surface area contributed by atoms with Crippen molar-refractivity contribution in [2.24, 2.45) is 5.92 Å². The van der Waals surface area contributed by atoms with Crippen LogP contribution in [0.25, 0.3) is 0 Å². The van der Waals surface area contributed by atoms with Crippen molar-refractivity contribution in [3.05, 3.63) is 10.6 Å². The Kier molecular flexibility index (Phi) is 4.85. The van der Waals surface area contributed by atoms with Gasteiger partial charge in [0.1, 0.15) is 0 Å². The van der Waals surface area contributed by atoms with Crippen molar-refractivity contribution in [2.45, 2.75) is 70.9 Å². The first kappa shape index (κ1) is 15.3. The predicted molar refractivity (Wildman–Crippen MR) is 91.3 cm³/mol. The molecule has 2 heterocycles. The van der Waals surface area contributed by atoms with Gasteiger partial charge in [-0.25, -0.2) is 4.98 Å². The molecule has 2 fully saturated rings. The highest BCUT2D eigenvalue weighted by molar-refractivity contribution is 7.15. The maximum Gasteiger partial charge on any atom is 0.186 e. The molecule has 1 aliphatic carbocycles. The molecule has 118 valence electrons. The molecule has 2 aliphatic rings. The molecule has 0 amide bonds. The number of hydrogen-bond donors (Lipinski definition) is 1. The molecule has 1 aromatic heterocycles. The second kappa shape index (κ2) is 6.66. The van der Waals surface area contributed by atoms with E-state index >= 15 is 0 Å². The zero-order valence-corrected chi connectivity index (χ0v) is 14.5. The van der Waals surface area contributed by atoms with Crippen molar-refractivity contribution in [1.29, 1.82) is 0 Å². The second-order valence-electron chi connectivity index (χ2n) is 6.74. The number of anilines is 1. The third-order valence-corrected chi connectivity index (χ3v) is 6.48. The number of nitrogens with zero attached hydrogens (tertiary/aromatic N) is 2. The average Bonchev–Trinajstić information content (AvgIpc) is 3.13. The fourth-order valence-corrected chi connectivity index (χ4v) is 5.31. The summed E-state index contributed by atoms with van der Waals surface area (Å²) < 4.78 is 0. The van der Waals surface area contributed by atoms with Crippen molar-refractivity contribution in [3.8, 4) is 0 Å². The van der Waals surface area contributed by atoms with E-state index in [4.69, 9.17) is 4.98 Å². The third kappa shape index (κ3) is 2.98. The SMILES string of the molecule is CCC(C)c1nc(N2CCCC3CCCC32)sc1CNC. The van der Waals surface area contributed by atoms with Crippen molar-refractivity contribution >= 4 is 16.5 Å². The zero-order chi connectivity index (χ0) is 14.8. The van der Waals surface area contributed by atoms with Crippen LogP contribution in [0.3, 0.4) is 0 Å². The van der Waals surface area contributed by atoms with Gasteiger partial charge < -0.3 is 10.2 Å². The molecule has 1 aromatic rings. The summed E-state index contributed by atoms with van der Waals surface area (Å²) in [5.74, 6) is 1.50. The van der Waals surface area contributed by atoms with E-state index in [2.05, 4.69) is 24.1 Å². The fourth-order valence-electron chi connectivity index (χ4n) is 4.03. The van der Waals surface area contributed by atoms with E-state index in [1.165, 1.54) is 60.8 Å². The molecule has 1 saturated carbocycles. The topological polar surface area (TPSA) is 28.2 Å². The van der Waals surface area contributed by atoms with Crippen molar-refractivity contribution in [2.75, 3.05) is 18.5 Å². The van der Waals surface area contributed by atoms with Crippen LogP contribution in [0.4, 0.5) is 5.13 Å². The van der Waals surface area contributed by atoms with Crippen LogP contribution in [0.1, 0.15) is 68.9 Å². The molecule has 3 nitrogen and oxygen atoms in total. The van der Waals surface area contributed by atoms with Crippen LogP contribution >= 0.6 is 11.3 Å². The van der Waals surface area contributed by atoms with Crippen LogP contribution in [-0.2, 0) is 6.54 Å². The Morgan fingerprint density at radius 1 is 1.33 bits per heavy atom. The van der Waals surface area contributed by atoms with E-state index < -0.39 is 0 Å². The lowest BCUT2D eigenvalue weighted by atomic mass is 9.92. The number of rotatable bonds is 5. The molecule has 3 unspecified atom stereocenters. The van der Waals surface area contributed by atoms with Gasteiger partial charge in [0.25, 0.3) is 0 Å². The van der Waals surface area contributed by atoms with Gasteiger partial charge in [-0.05, 0) is 51.0 Å². The average molecular weight is 308 g/mol. The molecule has 21 heavy (non-hydrogen) atoms.